The van der Waals surface area contributed by atoms with Crippen molar-refractivity contribution in [3.05, 3.63) is 72.6 Å². The lowest BCUT2D eigenvalue weighted by molar-refractivity contribution is 0.568. The molecular formula is C17H23N6OP. The average Bonchev–Trinajstić information content (AvgIpc) is 2.63. The predicted octanol–water partition coefficient (Wildman–Crippen LogP) is 4.02. The third kappa shape index (κ3) is 7.46. The van der Waals surface area contributed by atoms with Crippen LogP contribution in [0.15, 0.2) is 82.6 Å². The Labute approximate surface area is 148 Å². The summed E-state index contributed by atoms with van der Waals surface area (Å²) in [7, 11) is -3.31. The van der Waals surface area contributed by atoms with Gasteiger partial charge < -0.3 is 15.3 Å². The Morgan fingerprint density at radius 2 is 1.52 bits per heavy atom. The van der Waals surface area contributed by atoms with Crippen LogP contribution in [-0.4, -0.2) is 18.4 Å². The third-order valence-corrected chi connectivity index (χ3v) is 4.60. The van der Waals surface area contributed by atoms with E-state index in [2.05, 4.69) is 43.7 Å². The van der Waals surface area contributed by atoms with Crippen LogP contribution in [0.2, 0.25) is 0 Å². The Morgan fingerprint density at radius 3 is 1.92 bits per heavy atom. The van der Waals surface area contributed by atoms with Crippen molar-refractivity contribution in [1.82, 2.24) is 15.2 Å². The number of rotatable bonds is 10. The summed E-state index contributed by atoms with van der Waals surface area (Å²) in [4.78, 5) is 11.3. The number of allylic oxidation sites excluding steroid dienone is 4. The van der Waals surface area contributed by atoms with Gasteiger partial charge in [-0.3, -0.25) is 19.5 Å². The number of nitrogens with zero attached hydrogens (tertiary/aromatic N) is 3. The summed E-state index contributed by atoms with van der Waals surface area (Å²) in [6.45, 7) is 10.4. The number of nitrogens with one attached hydrogen (secondary N) is 3. The van der Waals surface area contributed by atoms with Gasteiger partial charge >= 0.3 is 7.59 Å². The van der Waals surface area contributed by atoms with E-state index < -0.39 is 7.59 Å². The highest BCUT2D eigenvalue weighted by Gasteiger charge is 2.22. The first-order valence-corrected chi connectivity index (χ1v) is 9.20. The standard InChI is InChI=1S/C17H23N6OP/c1-5-15(7-11-18-3)21-25(24,22-16(6-2)8-12-19-4)23-17-9-13-20-14-10-17/h5-14H,3-4H2,1-2H3,(H3,20,21,22,23,24)/b11-7-,12-8-,15-5+,16-6+. The maximum absolute atomic E-state index is 13.5. The maximum Gasteiger partial charge on any atom is 0.352 e. The molecule has 0 saturated carbocycles. The summed E-state index contributed by atoms with van der Waals surface area (Å²) < 4.78 is 13.5. The van der Waals surface area contributed by atoms with Gasteiger partial charge in [-0.2, -0.15) is 0 Å². The molecule has 0 spiro atoms. The quantitative estimate of drug-likeness (QED) is 0.334. The number of hydrogen-bond acceptors (Lipinski definition) is 4. The molecule has 0 radical (unpaired) electrons. The number of hydrogen-bond donors (Lipinski definition) is 3. The summed E-state index contributed by atoms with van der Waals surface area (Å²) >= 11 is 0. The normalized spacial score (nSPS) is 15.0. The molecule has 0 fully saturated rings. The molecule has 0 aromatic carbocycles. The van der Waals surface area contributed by atoms with Crippen LogP contribution in [0.25, 0.3) is 0 Å². The van der Waals surface area contributed by atoms with Crippen LogP contribution >= 0.6 is 7.59 Å². The Bertz CT molecular complexity index is 697. The fraction of sp³-hybridized carbons (Fsp3) is 0.118. The van der Waals surface area contributed by atoms with Gasteiger partial charge in [0.2, 0.25) is 0 Å². The largest absolute Gasteiger partial charge is 0.352 e. The van der Waals surface area contributed by atoms with E-state index in [1.807, 2.05) is 13.8 Å². The minimum atomic E-state index is -3.31. The van der Waals surface area contributed by atoms with Gasteiger partial charge in [0, 0.05) is 41.9 Å². The fourth-order valence-electron chi connectivity index (χ4n) is 1.72. The first-order valence-electron chi connectivity index (χ1n) is 7.49. The molecule has 1 heterocycles. The van der Waals surface area contributed by atoms with E-state index in [0.717, 1.165) is 0 Å². The topological polar surface area (TPSA) is 90.8 Å². The SMILES string of the molecule is C=N/C=C\C(=C/C)NP(=O)(NC(/C=C\N=C)=C/C)Nc1ccncc1. The molecule has 1 aromatic heterocycles. The van der Waals surface area contributed by atoms with E-state index in [4.69, 9.17) is 0 Å². The molecule has 8 heteroatoms. The van der Waals surface area contributed by atoms with Crippen molar-refractivity contribution >= 4 is 26.7 Å². The molecule has 0 aliphatic rings. The van der Waals surface area contributed by atoms with Crippen LogP contribution in [0.4, 0.5) is 5.69 Å². The fourth-order valence-corrected chi connectivity index (χ4v) is 3.53. The van der Waals surface area contributed by atoms with Crippen LogP contribution < -0.4 is 15.3 Å². The zero-order valence-electron chi connectivity index (χ0n) is 14.4. The number of aliphatic imine (C=N–C) groups is 2. The van der Waals surface area contributed by atoms with E-state index in [-0.39, 0.29) is 0 Å². The van der Waals surface area contributed by atoms with E-state index >= 15 is 0 Å². The van der Waals surface area contributed by atoms with Gasteiger partial charge in [0.05, 0.1) is 0 Å². The van der Waals surface area contributed by atoms with Gasteiger partial charge in [-0.05, 0) is 51.6 Å². The summed E-state index contributed by atoms with van der Waals surface area (Å²) in [6, 6.07) is 3.45. The highest BCUT2D eigenvalue weighted by molar-refractivity contribution is 7.61. The molecule has 0 saturated heterocycles. The first-order chi connectivity index (χ1) is 12.1. The molecule has 0 aliphatic carbocycles. The lowest BCUT2D eigenvalue weighted by Gasteiger charge is -2.25. The van der Waals surface area contributed by atoms with E-state index in [1.54, 1.807) is 48.8 Å². The Kier molecular flexibility index (Phi) is 8.68. The van der Waals surface area contributed by atoms with Crippen molar-refractivity contribution in [2.24, 2.45) is 9.98 Å². The Morgan fingerprint density at radius 1 is 1.04 bits per heavy atom. The molecular weight excluding hydrogens is 335 g/mol. The highest BCUT2D eigenvalue weighted by atomic mass is 31.2. The predicted molar refractivity (Wildman–Crippen MR) is 107 cm³/mol. The third-order valence-electron chi connectivity index (χ3n) is 2.88. The van der Waals surface area contributed by atoms with E-state index in [9.17, 15) is 4.57 Å². The van der Waals surface area contributed by atoms with Crippen molar-refractivity contribution in [1.29, 1.82) is 0 Å². The smallest absolute Gasteiger partial charge is 0.304 e. The summed E-state index contributed by atoms with van der Waals surface area (Å²) in [5.41, 5.74) is 1.89. The van der Waals surface area contributed by atoms with E-state index in [1.165, 1.54) is 12.4 Å². The van der Waals surface area contributed by atoms with Gasteiger partial charge in [-0.1, -0.05) is 12.2 Å². The van der Waals surface area contributed by atoms with Gasteiger partial charge in [0.1, 0.15) is 0 Å². The molecule has 0 atom stereocenters. The zero-order valence-corrected chi connectivity index (χ0v) is 15.3. The van der Waals surface area contributed by atoms with Crippen molar-refractivity contribution in [2.75, 3.05) is 5.09 Å². The number of aromatic nitrogens is 1. The summed E-state index contributed by atoms with van der Waals surface area (Å²) in [5, 5.41) is 8.96. The Balaban J connectivity index is 3.13. The lowest BCUT2D eigenvalue weighted by atomic mass is 10.4. The monoisotopic (exact) mass is 358 g/mol. The molecule has 0 bridgehead atoms. The maximum atomic E-state index is 13.5. The Hall–Kier alpha value is -2.92. The van der Waals surface area contributed by atoms with Crippen molar-refractivity contribution < 1.29 is 4.57 Å². The zero-order chi connectivity index (χ0) is 18.5. The molecule has 25 heavy (non-hydrogen) atoms. The average molecular weight is 358 g/mol. The molecule has 0 aliphatic heterocycles. The second kappa shape index (κ2) is 10.8. The minimum Gasteiger partial charge on any atom is -0.304 e. The first kappa shape index (κ1) is 20.1. The molecule has 1 aromatic rings. The number of anilines is 1. The number of pyridine rings is 1. The van der Waals surface area contributed by atoms with Crippen LogP contribution in [0.3, 0.4) is 0 Å². The molecule has 132 valence electrons. The lowest BCUT2D eigenvalue weighted by Crippen LogP contribution is -2.26. The van der Waals surface area contributed by atoms with Gasteiger partial charge in [-0.15, -0.1) is 0 Å². The molecule has 7 nitrogen and oxygen atoms in total. The highest BCUT2D eigenvalue weighted by Crippen LogP contribution is 2.39. The van der Waals surface area contributed by atoms with Gasteiger partial charge in [-0.25, -0.2) is 0 Å². The minimum absolute atomic E-state index is 0.617. The summed E-state index contributed by atoms with van der Waals surface area (Å²) in [6.07, 6.45) is 13.2. The van der Waals surface area contributed by atoms with Crippen LogP contribution in [0.1, 0.15) is 13.8 Å². The molecule has 1 rings (SSSR count). The van der Waals surface area contributed by atoms with Crippen molar-refractivity contribution in [3.63, 3.8) is 0 Å². The van der Waals surface area contributed by atoms with Crippen LogP contribution in [-0.2, 0) is 4.57 Å². The van der Waals surface area contributed by atoms with Crippen molar-refractivity contribution in [2.45, 2.75) is 13.8 Å². The molecule has 0 amide bonds. The van der Waals surface area contributed by atoms with E-state index in [0.29, 0.717) is 17.1 Å². The van der Waals surface area contributed by atoms with Crippen molar-refractivity contribution in [3.8, 4) is 0 Å². The molecule has 0 unspecified atom stereocenters. The summed E-state index contributed by atoms with van der Waals surface area (Å²) in [5.74, 6) is 0. The second-order valence-electron chi connectivity index (χ2n) is 4.67. The van der Waals surface area contributed by atoms with Gasteiger partial charge in [0.25, 0.3) is 0 Å². The van der Waals surface area contributed by atoms with Crippen LogP contribution in [0, 0.1) is 0 Å². The second-order valence-corrected chi connectivity index (χ2v) is 6.55. The van der Waals surface area contributed by atoms with Crippen LogP contribution in [0.5, 0.6) is 0 Å². The van der Waals surface area contributed by atoms with Gasteiger partial charge in [0.15, 0.2) is 0 Å². The molecule has 3 N–H and O–H groups in total.